The molecule has 0 atom stereocenters. The Hall–Kier alpha value is -4.44. The fourth-order valence-electron chi connectivity index (χ4n) is 4.18. The maximum absolute atomic E-state index is 12.3. The molecule has 0 bridgehead atoms. The van der Waals surface area contributed by atoms with E-state index in [1.165, 1.54) is 18.6 Å². The third-order valence-electron chi connectivity index (χ3n) is 6.52. The molecular weight excluding hydrogens is 492 g/mol. The number of hydrogen-bond donors (Lipinski definition) is 4. The van der Waals surface area contributed by atoms with Crippen molar-refractivity contribution in [3.05, 3.63) is 60.9 Å². The van der Waals surface area contributed by atoms with Gasteiger partial charge in [0.25, 0.3) is 0 Å². The molecule has 206 valence electrons. The molecule has 0 aliphatic heterocycles. The molecule has 0 aliphatic rings. The number of likely N-dealkylation sites (N-methyl/N-ethyl adjacent to an activating group) is 2. The highest BCUT2D eigenvalue weighted by Gasteiger charge is 2.17. The lowest BCUT2D eigenvalue weighted by Gasteiger charge is -2.27. The van der Waals surface area contributed by atoms with E-state index >= 15 is 0 Å². The molecule has 0 spiro atoms. The van der Waals surface area contributed by atoms with Gasteiger partial charge in [-0.05, 0) is 37.4 Å². The van der Waals surface area contributed by atoms with Crippen LogP contribution in [0.25, 0.3) is 11.3 Å². The third-order valence-corrected chi connectivity index (χ3v) is 6.52. The van der Waals surface area contributed by atoms with E-state index in [9.17, 15) is 4.79 Å². The quantitative estimate of drug-likeness (QED) is 0.173. The topological polar surface area (TPSA) is 118 Å². The zero-order valence-corrected chi connectivity index (χ0v) is 23.3. The molecule has 1 aromatic heterocycles. The van der Waals surface area contributed by atoms with Gasteiger partial charge in [0.1, 0.15) is 17.9 Å². The van der Waals surface area contributed by atoms with Crippen LogP contribution in [0.1, 0.15) is 19.4 Å². The number of rotatable bonds is 14. The summed E-state index contributed by atoms with van der Waals surface area (Å²) in [6, 6.07) is 11.3. The van der Waals surface area contributed by atoms with Gasteiger partial charge in [0, 0.05) is 62.3 Å². The van der Waals surface area contributed by atoms with E-state index in [0.717, 1.165) is 48.7 Å². The molecule has 0 aliphatic carbocycles. The number of hydrogen-bond acceptors (Lipinski definition) is 9. The van der Waals surface area contributed by atoms with Gasteiger partial charge in [-0.15, -0.1) is 0 Å². The summed E-state index contributed by atoms with van der Waals surface area (Å²) in [6.07, 6.45) is 4.03. The summed E-state index contributed by atoms with van der Waals surface area (Å²) in [5, 5.41) is 17.0. The Morgan fingerprint density at radius 3 is 2.49 bits per heavy atom. The van der Waals surface area contributed by atoms with Crippen LogP contribution in [0.3, 0.4) is 0 Å². The van der Waals surface area contributed by atoms with Crippen molar-refractivity contribution in [2.75, 3.05) is 68.2 Å². The Morgan fingerprint density at radius 2 is 1.85 bits per heavy atom. The molecule has 39 heavy (non-hydrogen) atoms. The monoisotopic (exact) mass is 530 g/mol. The summed E-state index contributed by atoms with van der Waals surface area (Å²) in [5.41, 5.74) is 5.26. The van der Waals surface area contributed by atoms with Gasteiger partial charge in [-0.2, -0.15) is 0 Å². The van der Waals surface area contributed by atoms with Gasteiger partial charge < -0.3 is 35.9 Å². The first kappa shape index (κ1) is 29.1. The summed E-state index contributed by atoms with van der Waals surface area (Å²) >= 11 is 0. The van der Waals surface area contributed by atoms with Crippen LogP contribution in [0.2, 0.25) is 0 Å². The average Bonchev–Trinajstić information content (AvgIpc) is 2.97. The minimum atomic E-state index is -0.305. The first-order chi connectivity index (χ1) is 18.9. The zero-order valence-electron chi connectivity index (χ0n) is 23.3. The van der Waals surface area contributed by atoms with Crippen LogP contribution >= 0.6 is 0 Å². The van der Waals surface area contributed by atoms with Gasteiger partial charge in [-0.25, -0.2) is 9.97 Å². The van der Waals surface area contributed by atoms with E-state index in [2.05, 4.69) is 56.1 Å². The molecule has 0 saturated carbocycles. The number of methoxy groups -OCH3 is 1. The fraction of sp³-hybridized carbons (Fsp3) is 0.310. The highest BCUT2D eigenvalue weighted by atomic mass is 16.5. The molecule has 0 fully saturated rings. The predicted molar refractivity (Wildman–Crippen MR) is 161 cm³/mol. The standard InChI is InChI=1S/C29H38N8O2/c1-7-29(38)35-24-15-25(27(39-6)17-26(24)36(5)12-13-37(8-2)9-3)34-28-16-23(32-19-33-28)20-10-11-22(31-4)21(14-20)18-30/h7,10-11,14-19,30-31H,1,8-9,12-13H2,2-6H3,(H,35,38)(H,32,33,34). The number of carbonyl (C=O) groups excluding carboxylic acids is 1. The van der Waals surface area contributed by atoms with Crippen LogP contribution < -0.4 is 25.6 Å². The molecule has 0 unspecified atom stereocenters. The summed E-state index contributed by atoms with van der Waals surface area (Å²) < 4.78 is 5.73. The Labute approximate surface area is 230 Å². The number of anilines is 5. The first-order valence-corrected chi connectivity index (χ1v) is 12.9. The van der Waals surface area contributed by atoms with Gasteiger partial charge in [0.2, 0.25) is 5.91 Å². The van der Waals surface area contributed by atoms with Crippen LogP contribution in [-0.2, 0) is 4.79 Å². The van der Waals surface area contributed by atoms with Crippen molar-refractivity contribution in [2.45, 2.75) is 13.8 Å². The van der Waals surface area contributed by atoms with Crippen molar-refractivity contribution < 1.29 is 9.53 Å². The summed E-state index contributed by atoms with van der Waals surface area (Å²) in [7, 11) is 5.42. The van der Waals surface area contributed by atoms with Crippen LogP contribution in [0.5, 0.6) is 5.75 Å². The Balaban J connectivity index is 1.96. The van der Waals surface area contributed by atoms with Crippen LogP contribution in [-0.4, -0.2) is 74.4 Å². The molecule has 3 rings (SSSR count). The normalized spacial score (nSPS) is 10.6. The van der Waals surface area contributed by atoms with E-state index in [0.29, 0.717) is 28.6 Å². The molecule has 1 heterocycles. The minimum absolute atomic E-state index is 0.305. The highest BCUT2D eigenvalue weighted by Crippen LogP contribution is 2.38. The Bertz CT molecular complexity index is 1310. The number of carbonyl (C=O) groups is 1. The largest absolute Gasteiger partial charge is 0.494 e. The van der Waals surface area contributed by atoms with Crippen LogP contribution in [0, 0.1) is 5.41 Å². The van der Waals surface area contributed by atoms with Crippen LogP contribution in [0.4, 0.5) is 28.6 Å². The zero-order chi connectivity index (χ0) is 28.4. The van der Waals surface area contributed by atoms with E-state index in [1.54, 1.807) is 7.11 Å². The lowest BCUT2D eigenvalue weighted by Crippen LogP contribution is -2.33. The second kappa shape index (κ2) is 13.9. The fourth-order valence-corrected chi connectivity index (χ4v) is 4.18. The van der Waals surface area contributed by atoms with Crippen molar-refractivity contribution in [1.29, 1.82) is 5.41 Å². The number of ether oxygens (including phenoxy) is 1. The van der Waals surface area contributed by atoms with Crippen molar-refractivity contribution in [3.8, 4) is 17.0 Å². The minimum Gasteiger partial charge on any atom is -0.494 e. The lowest BCUT2D eigenvalue weighted by atomic mass is 10.1. The van der Waals surface area contributed by atoms with E-state index < -0.39 is 0 Å². The van der Waals surface area contributed by atoms with E-state index in [4.69, 9.17) is 10.1 Å². The summed E-state index contributed by atoms with van der Waals surface area (Å²) in [6.45, 7) is 11.5. The molecule has 10 heteroatoms. The van der Waals surface area contributed by atoms with Crippen molar-refractivity contribution in [3.63, 3.8) is 0 Å². The number of nitrogens with zero attached hydrogens (tertiary/aromatic N) is 4. The number of benzene rings is 2. The molecular formula is C29H38N8O2. The Morgan fingerprint density at radius 1 is 1.08 bits per heavy atom. The van der Waals surface area contributed by atoms with Crippen molar-refractivity contribution >= 4 is 40.7 Å². The predicted octanol–water partition coefficient (Wildman–Crippen LogP) is 4.84. The van der Waals surface area contributed by atoms with E-state index in [-0.39, 0.29) is 5.91 Å². The van der Waals surface area contributed by atoms with Gasteiger partial charge in [0.05, 0.1) is 29.9 Å². The number of amides is 1. The van der Waals surface area contributed by atoms with Crippen LogP contribution in [0.15, 0.2) is 55.4 Å². The first-order valence-electron chi connectivity index (χ1n) is 12.9. The number of nitrogens with one attached hydrogen (secondary N) is 4. The van der Waals surface area contributed by atoms with Crippen molar-refractivity contribution in [1.82, 2.24) is 14.9 Å². The highest BCUT2D eigenvalue weighted by molar-refractivity contribution is 6.02. The molecule has 1 amide bonds. The van der Waals surface area contributed by atoms with Gasteiger partial charge in [0.15, 0.2) is 0 Å². The second-order valence-electron chi connectivity index (χ2n) is 8.82. The summed E-state index contributed by atoms with van der Waals surface area (Å²) in [4.78, 5) is 25.5. The van der Waals surface area contributed by atoms with Gasteiger partial charge in [-0.3, -0.25) is 4.79 Å². The molecule has 3 aromatic rings. The molecule has 10 nitrogen and oxygen atoms in total. The second-order valence-corrected chi connectivity index (χ2v) is 8.82. The maximum atomic E-state index is 12.3. The lowest BCUT2D eigenvalue weighted by molar-refractivity contribution is -0.111. The van der Waals surface area contributed by atoms with Crippen molar-refractivity contribution in [2.24, 2.45) is 0 Å². The molecule has 4 N–H and O–H groups in total. The Kier molecular flexibility index (Phi) is 10.4. The summed E-state index contributed by atoms with van der Waals surface area (Å²) in [5.74, 6) is 0.845. The maximum Gasteiger partial charge on any atom is 0.247 e. The smallest absolute Gasteiger partial charge is 0.247 e. The van der Waals surface area contributed by atoms with Gasteiger partial charge in [-0.1, -0.05) is 26.5 Å². The van der Waals surface area contributed by atoms with E-state index in [1.807, 2.05) is 50.5 Å². The SMILES string of the molecule is C=CC(=O)Nc1cc(Nc2cc(-c3ccc(NC)c(C=N)c3)ncn2)c(OC)cc1N(C)CCN(CC)CC. The molecule has 0 radical (unpaired) electrons. The average molecular weight is 531 g/mol. The molecule has 0 saturated heterocycles. The number of aromatic nitrogens is 2. The third kappa shape index (κ3) is 7.32. The molecule has 2 aromatic carbocycles. The van der Waals surface area contributed by atoms with Gasteiger partial charge >= 0.3 is 0 Å².